The zero-order valence-electron chi connectivity index (χ0n) is 10.8. The second-order valence-electron chi connectivity index (χ2n) is 4.96. The smallest absolute Gasteiger partial charge is 0.273 e. The molecule has 2 atom stereocenters. The number of hydrogen-bond donors (Lipinski definition) is 2. The lowest BCUT2D eigenvalue weighted by Crippen LogP contribution is -2.39. The van der Waals surface area contributed by atoms with E-state index in [1.54, 1.807) is 0 Å². The van der Waals surface area contributed by atoms with Gasteiger partial charge >= 0.3 is 0 Å². The summed E-state index contributed by atoms with van der Waals surface area (Å²) in [6.07, 6.45) is 2.76. The predicted molar refractivity (Wildman–Crippen MR) is 70.7 cm³/mol. The summed E-state index contributed by atoms with van der Waals surface area (Å²) in [5.74, 6) is -1.09. The Bertz CT molecular complexity index is 536. The first kappa shape index (κ1) is 14.4. The van der Waals surface area contributed by atoms with Crippen molar-refractivity contribution in [2.75, 3.05) is 6.54 Å². The highest BCUT2D eigenvalue weighted by Crippen LogP contribution is 2.25. The van der Waals surface area contributed by atoms with Crippen LogP contribution in [0.15, 0.2) is 18.2 Å². The van der Waals surface area contributed by atoms with Crippen LogP contribution in [0.5, 0.6) is 0 Å². The number of hydrogen-bond acceptors (Lipinski definition) is 4. The van der Waals surface area contributed by atoms with Crippen LogP contribution in [0.25, 0.3) is 0 Å². The van der Waals surface area contributed by atoms with Crippen LogP contribution < -0.4 is 11.1 Å². The SMILES string of the molecule is NCC1CCCC1NC(=O)c1cc(F)cc([N+](=O)[O-])c1. The third-order valence-corrected chi connectivity index (χ3v) is 3.63. The van der Waals surface area contributed by atoms with Crippen molar-refractivity contribution in [1.82, 2.24) is 5.32 Å². The Labute approximate surface area is 115 Å². The maximum atomic E-state index is 13.3. The first-order chi connectivity index (χ1) is 9.51. The molecule has 0 bridgehead atoms. The molecule has 1 amide bonds. The van der Waals surface area contributed by atoms with E-state index in [1.165, 1.54) is 0 Å². The molecule has 0 radical (unpaired) electrons. The quantitative estimate of drug-likeness (QED) is 0.646. The van der Waals surface area contributed by atoms with Gasteiger partial charge in [0.15, 0.2) is 0 Å². The number of nitrogens with two attached hydrogens (primary N) is 1. The van der Waals surface area contributed by atoms with Gasteiger partial charge in [-0.25, -0.2) is 4.39 Å². The fraction of sp³-hybridized carbons (Fsp3) is 0.462. The molecule has 2 rings (SSSR count). The van der Waals surface area contributed by atoms with Gasteiger partial charge in [-0.2, -0.15) is 0 Å². The van der Waals surface area contributed by atoms with Crippen molar-refractivity contribution in [2.24, 2.45) is 11.7 Å². The zero-order valence-corrected chi connectivity index (χ0v) is 10.8. The average molecular weight is 281 g/mol. The Morgan fingerprint density at radius 2 is 2.20 bits per heavy atom. The molecule has 0 aliphatic heterocycles. The van der Waals surface area contributed by atoms with Crippen molar-refractivity contribution in [2.45, 2.75) is 25.3 Å². The molecule has 0 spiro atoms. The summed E-state index contributed by atoms with van der Waals surface area (Å²) < 4.78 is 13.3. The molecule has 1 aromatic carbocycles. The van der Waals surface area contributed by atoms with Crippen molar-refractivity contribution in [3.8, 4) is 0 Å². The van der Waals surface area contributed by atoms with Crippen molar-refractivity contribution in [1.29, 1.82) is 0 Å². The maximum Gasteiger partial charge on any atom is 0.273 e. The van der Waals surface area contributed by atoms with Crippen LogP contribution >= 0.6 is 0 Å². The van der Waals surface area contributed by atoms with Gasteiger partial charge in [0.25, 0.3) is 11.6 Å². The van der Waals surface area contributed by atoms with E-state index in [-0.39, 0.29) is 17.5 Å². The zero-order chi connectivity index (χ0) is 14.7. The van der Waals surface area contributed by atoms with Gasteiger partial charge in [-0.15, -0.1) is 0 Å². The molecule has 6 nitrogen and oxygen atoms in total. The van der Waals surface area contributed by atoms with Gasteiger partial charge in [0.1, 0.15) is 5.82 Å². The number of rotatable bonds is 4. The normalized spacial score (nSPS) is 21.7. The number of amides is 1. The van der Waals surface area contributed by atoms with E-state index in [4.69, 9.17) is 5.73 Å². The first-order valence-electron chi connectivity index (χ1n) is 6.47. The Morgan fingerprint density at radius 3 is 2.85 bits per heavy atom. The highest BCUT2D eigenvalue weighted by Gasteiger charge is 2.28. The Kier molecular flexibility index (Phi) is 4.29. The summed E-state index contributed by atoms with van der Waals surface area (Å²) in [5.41, 5.74) is 5.15. The number of nitro groups is 1. The predicted octanol–water partition coefficient (Wildman–Crippen LogP) is 1.59. The molecular weight excluding hydrogens is 265 g/mol. The Hall–Kier alpha value is -2.02. The minimum atomic E-state index is -0.800. The second-order valence-corrected chi connectivity index (χ2v) is 4.96. The largest absolute Gasteiger partial charge is 0.349 e. The summed E-state index contributed by atoms with van der Waals surface area (Å²) in [6.45, 7) is 0.480. The number of carbonyl (C=O) groups is 1. The van der Waals surface area contributed by atoms with Gasteiger partial charge in [0.2, 0.25) is 0 Å². The van der Waals surface area contributed by atoms with E-state index in [9.17, 15) is 19.3 Å². The van der Waals surface area contributed by atoms with Crippen molar-refractivity contribution in [3.63, 3.8) is 0 Å². The molecule has 1 aliphatic carbocycles. The molecule has 0 aromatic heterocycles. The van der Waals surface area contributed by atoms with Crippen LogP contribution in [0.4, 0.5) is 10.1 Å². The lowest BCUT2D eigenvalue weighted by atomic mass is 10.0. The molecule has 108 valence electrons. The molecule has 0 saturated heterocycles. The van der Waals surface area contributed by atoms with E-state index < -0.39 is 22.3 Å². The van der Waals surface area contributed by atoms with E-state index >= 15 is 0 Å². The van der Waals surface area contributed by atoms with Gasteiger partial charge in [-0.3, -0.25) is 14.9 Å². The van der Waals surface area contributed by atoms with Gasteiger partial charge in [0, 0.05) is 17.7 Å². The minimum Gasteiger partial charge on any atom is -0.349 e. The van der Waals surface area contributed by atoms with E-state index in [0.29, 0.717) is 6.54 Å². The summed E-state index contributed by atoms with van der Waals surface area (Å²) in [4.78, 5) is 22.0. The summed E-state index contributed by atoms with van der Waals surface area (Å²) in [7, 11) is 0. The monoisotopic (exact) mass is 281 g/mol. The molecule has 1 aliphatic rings. The van der Waals surface area contributed by atoms with Gasteiger partial charge in [-0.1, -0.05) is 6.42 Å². The Morgan fingerprint density at radius 1 is 1.45 bits per heavy atom. The number of carbonyl (C=O) groups excluding carboxylic acids is 1. The van der Waals surface area contributed by atoms with Crippen molar-refractivity contribution >= 4 is 11.6 Å². The van der Waals surface area contributed by atoms with Gasteiger partial charge in [-0.05, 0) is 31.4 Å². The summed E-state index contributed by atoms with van der Waals surface area (Å²) >= 11 is 0. The number of halogens is 1. The second kappa shape index (κ2) is 5.96. The lowest BCUT2D eigenvalue weighted by Gasteiger charge is -2.19. The highest BCUT2D eigenvalue weighted by molar-refractivity contribution is 5.95. The van der Waals surface area contributed by atoms with Gasteiger partial charge < -0.3 is 11.1 Å². The van der Waals surface area contributed by atoms with E-state index in [0.717, 1.165) is 37.5 Å². The first-order valence-corrected chi connectivity index (χ1v) is 6.47. The molecule has 0 heterocycles. The maximum absolute atomic E-state index is 13.3. The summed E-state index contributed by atoms with van der Waals surface area (Å²) in [5, 5.41) is 13.4. The fourth-order valence-electron chi connectivity index (χ4n) is 2.57. The van der Waals surface area contributed by atoms with Crippen LogP contribution in [0, 0.1) is 21.8 Å². The molecule has 20 heavy (non-hydrogen) atoms. The van der Waals surface area contributed by atoms with Crippen LogP contribution in [0.2, 0.25) is 0 Å². The van der Waals surface area contributed by atoms with Crippen molar-refractivity contribution in [3.05, 3.63) is 39.7 Å². The average Bonchev–Trinajstić information content (AvgIpc) is 2.85. The highest BCUT2D eigenvalue weighted by atomic mass is 19.1. The Balaban J connectivity index is 2.15. The van der Waals surface area contributed by atoms with Crippen LogP contribution in [-0.4, -0.2) is 23.4 Å². The third-order valence-electron chi connectivity index (χ3n) is 3.63. The molecule has 3 N–H and O–H groups in total. The molecule has 7 heteroatoms. The lowest BCUT2D eigenvalue weighted by molar-refractivity contribution is -0.385. The minimum absolute atomic E-state index is 0.0422. The molecule has 1 saturated carbocycles. The molecule has 1 fully saturated rings. The van der Waals surface area contributed by atoms with Crippen LogP contribution in [0.1, 0.15) is 29.6 Å². The fourth-order valence-corrected chi connectivity index (χ4v) is 2.57. The topological polar surface area (TPSA) is 98.3 Å². The van der Waals surface area contributed by atoms with Crippen molar-refractivity contribution < 1.29 is 14.1 Å². The third kappa shape index (κ3) is 3.11. The molecule has 1 aromatic rings. The number of nitrogens with zero attached hydrogens (tertiary/aromatic N) is 1. The van der Waals surface area contributed by atoms with E-state index in [2.05, 4.69) is 5.32 Å². The number of nitrogens with one attached hydrogen (secondary N) is 1. The molecule has 2 unspecified atom stereocenters. The number of benzene rings is 1. The van der Waals surface area contributed by atoms with Crippen LogP contribution in [0.3, 0.4) is 0 Å². The molecular formula is C13H16FN3O3. The summed E-state index contributed by atoms with van der Waals surface area (Å²) in [6, 6.07) is 2.81. The van der Waals surface area contributed by atoms with E-state index in [1.807, 2.05) is 0 Å². The van der Waals surface area contributed by atoms with Gasteiger partial charge in [0.05, 0.1) is 11.0 Å². The van der Waals surface area contributed by atoms with Crippen LogP contribution in [-0.2, 0) is 0 Å². The standard InChI is InChI=1S/C13H16FN3O3/c14-10-4-9(5-11(6-10)17(19)20)13(18)16-12-3-1-2-8(12)7-15/h4-6,8,12H,1-3,7,15H2,(H,16,18). The number of nitro benzene ring substituents is 1. The number of non-ortho nitro benzene ring substituents is 1.